The number of carbonyl (C=O) groups is 2. The standard InChI is InChI=1S/C23H19ClO4/c1-14-8-6-11-17(24)20(14)22(25)15-9-4-5-10-16(15)23(26)21-18(27-2)12-7-13-19(21)28-3/h4-13H,1-3H3. The van der Waals surface area contributed by atoms with Crippen LogP contribution in [0.15, 0.2) is 60.7 Å². The quantitative estimate of drug-likeness (QED) is 0.544. The Hall–Kier alpha value is -3.11. The molecule has 3 rings (SSSR count). The number of carbonyl (C=O) groups excluding carboxylic acids is 2. The van der Waals surface area contributed by atoms with E-state index in [0.717, 1.165) is 5.56 Å². The predicted molar refractivity (Wildman–Crippen MR) is 109 cm³/mol. The second kappa shape index (κ2) is 8.28. The Kier molecular flexibility index (Phi) is 5.81. The van der Waals surface area contributed by atoms with Crippen LogP contribution in [0.4, 0.5) is 0 Å². The van der Waals surface area contributed by atoms with Gasteiger partial charge in [0.1, 0.15) is 17.1 Å². The molecule has 0 unspecified atom stereocenters. The molecule has 0 aliphatic carbocycles. The van der Waals surface area contributed by atoms with Crippen molar-refractivity contribution in [1.29, 1.82) is 0 Å². The van der Waals surface area contributed by atoms with Crippen LogP contribution in [-0.2, 0) is 0 Å². The first-order valence-electron chi connectivity index (χ1n) is 8.64. The highest BCUT2D eigenvalue weighted by atomic mass is 35.5. The minimum absolute atomic E-state index is 0.259. The first kappa shape index (κ1) is 19.6. The molecule has 0 saturated heterocycles. The number of methoxy groups -OCH3 is 2. The molecule has 0 atom stereocenters. The Morgan fingerprint density at radius 3 is 1.71 bits per heavy atom. The van der Waals surface area contributed by atoms with E-state index in [2.05, 4.69) is 0 Å². The summed E-state index contributed by atoms with van der Waals surface area (Å²) in [7, 11) is 2.96. The van der Waals surface area contributed by atoms with E-state index in [4.69, 9.17) is 21.1 Å². The molecule has 4 nitrogen and oxygen atoms in total. The molecule has 0 aliphatic heterocycles. The Balaban J connectivity index is 2.17. The third kappa shape index (κ3) is 3.51. The van der Waals surface area contributed by atoms with Gasteiger partial charge in [0.15, 0.2) is 5.78 Å². The highest BCUT2D eigenvalue weighted by molar-refractivity contribution is 6.35. The van der Waals surface area contributed by atoms with Gasteiger partial charge in [-0.05, 0) is 30.7 Å². The van der Waals surface area contributed by atoms with E-state index in [0.29, 0.717) is 22.1 Å². The van der Waals surface area contributed by atoms with Crippen LogP contribution in [0.3, 0.4) is 0 Å². The normalized spacial score (nSPS) is 10.4. The summed E-state index contributed by atoms with van der Waals surface area (Å²) < 4.78 is 10.7. The molecule has 0 saturated carbocycles. The van der Waals surface area contributed by atoms with Crippen molar-refractivity contribution in [2.75, 3.05) is 14.2 Å². The van der Waals surface area contributed by atoms with Gasteiger partial charge >= 0.3 is 0 Å². The van der Waals surface area contributed by atoms with Crippen molar-refractivity contribution in [3.8, 4) is 11.5 Å². The topological polar surface area (TPSA) is 52.6 Å². The molecule has 0 bridgehead atoms. The van der Waals surface area contributed by atoms with Gasteiger partial charge in [-0.25, -0.2) is 0 Å². The fourth-order valence-electron chi connectivity index (χ4n) is 3.14. The van der Waals surface area contributed by atoms with Crippen molar-refractivity contribution in [1.82, 2.24) is 0 Å². The Morgan fingerprint density at radius 2 is 1.21 bits per heavy atom. The fraction of sp³-hybridized carbons (Fsp3) is 0.130. The molecule has 3 aromatic rings. The van der Waals surface area contributed by atoms with E-state index in [9.17, 15) is 9.59 Å². The lowest BCUT2D eigenvalue weighted by atomic mass is 9.91. The zero-order chi connectivity index (χ0) is 20.3. The summed E-state index contributed by atoms with van der Waals surface area (Å²) in [6.07, 6.45) is 0. The summed E-state index contributed by atoms with van der Waals surface area (Å²) in [4.78, 5) is 26.6. The van der Waals surface area contributed by atoms with E-state index in [1.54, 1.807) is 54.6 Å². The second-order valence-corrected chi connectivity index (χ2v) is 6.58. The average Bonchev–Trinajstić information content (AvgIpc) is 2.72. The van der Waals surface area contributed by atoms with E-state index in [1.165, 1.54) is 14.2 Å². The Morgan fingerprint density at radius 1 is 0.714 bits per heavy atom. The molecule has 0 aliphatic rings. The van der Waals surface area contributed by atoms with Gasteiger partial charge in [0.05, 0.1) is 19.2 Å². The molecule has 0 heterocycles. The van der Waals surface area contributed by atoms with E-state index < -0.39 is 0 Å². The van der Waals surface area contributed by atoms with Crippen LogP contribution in [0.5, 0.6) is 11.5 Å². The molecule has 28 heavy (non-hydrogen) atoms. The number of ether oxygens (including phenoxy) is 2. The SMILES string of the molecule is COc1cccc(OC)c1C(=O)c1ccccc1C(=O)c1c(C)cccc1Cl. The summed E-state index contributed by atoms with van der Waals surface area (Å²) in [5, 5.41) is 0.349. The minimum atomic E-state index is -0.358. The fourth-order valence-corrected chi connectivity index (χ4v) is 3.45. The molecule has 142 valence electrons. The highest BCUT2D eigenvalue weighted by Gasteiger charge is 2.26. The summed E-state index contributed by atoms with van der Waals surface area (Å²) >= 11 is 6.27. The summed E-state index contributed by atoms with van der Waals surface area (Å²) in [5.74, 6) is 0.0879. The van der Waals surface area contributed by atoms with Crippen LogP contribution in [0.1, 0.15) is 37.4 Å². The Labute approximate surface area is 168 Å². The van der Waals surface area contributed by atoms with Gasteiger partial charge in [0.25, 0.3) is 0 Å². The monoisotopic (exact) mass is 394 g/mol. The van der Waals surface area contributed by atoms with Crippen LogP contribution in [0, 0.1) is 6.92 Å². The minimum Gasteiger partial charge on any atom is -0.496 e. The zero-order valence-electron chi connectivity index (χ0n) is 15.8. The Bertz CT molecular complexity index is 1010. The lowest BCUT2D eigenvalue weighted by Crippen LogP contribution is -2.14. The summed E-state index contributed by atoms with van der Waals surface area (Å²) in [5.41, 5.74) is 1.93. The van der Waals surface area contributed by atoms with Crippen LogP contribution >= 0.6 is 11.6 Å². The van der Waals surface area contributed by atoms with E-state index in [-0.39, 0.29) is 28.3 Å². The van der Waals surface area contributed by atoms with Gasteiger partial charge < -0.3 is 9.47 Å². The molecule has 3 aromatic carbocycles. The van der Waals surface area contributed by atoms with Crippen molar-refractivity contribution < 1.29 is 19.1 Å². The van der Waals surface area contributed by atoms with Gasteiger partial charge in [0, 0.05) is 16.7 Å². The number of hydrogen-bond acceptors (Lipinski definition) is 4. The number of halogens is 1. The number of aryl methyl sites for hydroxylation is 1. The van der Waals surface area contributed by atoms with Gasteiger partial charge in [-0.2, -0.15) is 0 Å². The average molecular weight is 395 g/mol. The molecule has 0 aromatic heterocycles. The zero-order valence-corrected chi connectivity index (χ0v) is 16.5. The first-order valence-corrected chi connectivity index (χ1v) is 9.02. The van der Waals surface area contributed by atoms with Crippen molar-refractivity contribution in [3.05, 3.63) is 93.5 Å². The van der Waals surface area contributed by atoms with Crippen LogP contribution in [-0.4, -0.2) is 25.8 Å². The largest absolute Gasteiger partial charge is 0.496 e. The second-order valence-electron chi connectivity index (χ2n) is 6.17. The van der Waals surface area contributed by atoms with Crippen molar-refractivity contribution in [2.45, 2.75) is 6.92 Å². The molecule has 5 heteroatoms. The van der Waals surface area contributed by atoms with Crippen LogP contribution in [0.2, 0.25) is 5.02 Å². The molecule has 0 N–H and O–H groups in total. The number of benzene rings is 3. The van der Waals surface area contributed by atoms with Gasteiger partial charge in [-0.3, -0.25) is 9.59 Å². The van der Waals surface area contributed by atoms with Crippen molar-refractivity contribution in [3.63, 3.8) is 0 Å². The molecular weight excluding hydrogens is 376 g/mol. The molecule has 0 fully saturated rings. The van der Waals surface area contributed by atoms with E-state index >= 15 is 0 Å². The number of rotatable bonds is 6. The molecule has 0 radical (unpaired) electrons. The maximum absolute atomic E-state index is 13.4. The number of ketones is 2. The lowest BCUT2D eigenvalue weighted by Gasteiger charge is -2.15. The molecule has 0 spiro atoms. The molecular formula is C23H19ClO4. The smallest absolute Gasteiger partial charge is 0.201 e. The van der Waals surface area contributed by atoms with Crippen LogP contribution in [0.25, 0.3) is 0 Å². The summed E-state index contributed by atoms with van der Waals surface area (Å²) in [6, 6.07) is 17.0. The van der Waals surface area contributed by atoms with Crippen molar-refractivity contribution in [2.24, 2.45) is 0 Å². The summed E-state index contributed by atoms with van der Waals surface area (Å²) in [6.45, 7) is 1.81. The lowest BCUT2D eigenvalue weighted by molar-refractivity contribution is 0.0999. The van der Waals surface area contributed by atoms with E-state index in [1.807, 2.05) is 13.0 Å². The molecule has 0 amide bonds. The third-order valence-electron chi connectivity index (χ3n) is 4.52. The highest BCUT2D eigenvalue weighted by Crippen LogP contribution is 2.32. The van der Waals surface area contributed by atoms with Crippen molar-refractivity contribution >= 4 is 23.2 Å². The maximum atomic E-state index is 13.4. The first-order chi connectivity index (χ1) is 13.5. The van der Waals surface area contributed by atoms with Crippen LogP contribution < -0.4 is 9.47 Å². The predicted octanol–water partition coefficient (Wildman–Crippen LogP) is 5.13. The third-order valence-corrected chi connectivity index (χ3v) is 4.84. The maximum Gasteiger partial charge on any atom is 0.201 e. The van der Waals surface area contributed by atoms with Gasteiger partial charge in [0.2, 0.25) is 5.78 Å². The van der Waals surface area contributed by atoms with Gasteiger partial charge in [-0.15, -0.1) is 0 Å². The van der Waals surface area contributed by atoms with Gasteiger partial charge in [-0.1, -0.05) is 54.1 Å². The number of hydrogen-bond donors (Lipinski definition) is 0.